The summed E-state index contributed by atoms with van der Waals surface area (Å²) in [6.07, 6.45) is -1.59. The second-order valence-corrected chi connectivity index (χ2v) is 4.00. The maximum Gasteiger partial charge on any atom is 0.425 e. The smallest absolute Gasteiger partial charge is 0.425 e. The molecule has 0 amide bonds. The number of anilines is 1. The van der Waals surface area contributed by atoms with Gasteiger partial charge in [0.2, 0.25) is 5.88 Å². The van der Waals surface area contributed by atoms with Gasteiger partial charge in [-0.3, -0.25) is 5.10 Å². The second kappa shape index (κ2) is 4.46. The van der Waals surface area contributed by atoms with Gasteiger partial charge in [-0.05, 0) is 19.3 Å². The molecule has 0 bridgehead atoms. The second-order valence-electron chi connectivity index (χ2n) is 4.00. The number of hydrogen-bond acceptors (Lipinski definition) is 3. The van der Waals surface area contributed by atoms with Gasteiger partial charge in [0, 0.05) is 13.1 Å². The maximum absolute atomic E-state index is 12.9. The van der Waals surface area contributed by atoms with Gasteiger partial charge in [-0.1, -0.05) is 0 Å². The Balaban J connectivity index is 2.36. The van der Waals surface area contributed by atoms with Gasteiger partial charge < -0.3 is 9.64 Å². The third-order valence-electron chi connectivity index (χ3n) is 2.86. The number of halogens is 3. The molecular weight excluding hydrogens is 235 g/mol. The lowest BCUT2D eigenvalue weighted by atomic mass is 10.1. The van der Waals surface area contributed by atoms with E-state index in [1.54, 1.807) is 4.90 Å². The number of aromatic nitrogens is 2. The Morgan fingerprint density at radius 3 is 2.41 bits per heavy atom. The number of nitrogens with one attached hydrogen (secondary N) is 1. The van der Waals surface area contributed by atoms with E-state index in [9.17, 15) is 13.2 Å². The molecule has 96 valence electrons. The standard InChI is InChI=1S/C10H14F3N3O/c1-17-9-7(10(11,12)13)8(14-15-9)16-5-3-2-4-6-16/h2-6H2,1H3,(H,14,15). The molecule has 7 heteroatoms. The van der Waals surface area contributed by atoms with Crippen molar-refractivity contribution < 1.29 is 17.9 Å². The van der Waals surface area contributed by atoms with Crippen LogP contribution in [0.2, 0.25) is 0 Å². The van der Waals surface area contributed by atoms with Crippen molar-refractivity contribution in [1.29, 1.82) is 0 Å². The Kier molecular flexibility index (Phi) is 3.17. The van der Waals surface area contributed by atoms with Gasteiger partial charge in [0.15, 0.2) is 5.56 Å². The third kappa shape index (κ3) is 2.32. The van der Waals surface area contributed by atoms with Gasteiger partial charge in [0.1, 0.15) is 5.82 Å². The number of nitrogens with zero attached hydrogens (tertiary/aromatic N) is 2. The van der Waals surface area contributed by atoms with Crippen molar-refractivity contribution >= 4 is 5.82 Å². The normalized spacial score (nSPS) is 17.3. The predicted octanol–water partition coefficient (Wildman–Crippen LogP) is 2.43. The summed E-state index contributed by atoms with van der Waals surface area (Å²) in [5, 5.41) is 6.00. The monoisotopic (exact) mass is 249 g/mol. The summed E-state index contributed by atoms with van der Waals surface area (Å²) in [7, 11) is 1.19. The zero-order valence-corrected chi connectivity index (χ0v) is 9.47. The summed E-state index contributed by atoms with van der Waals surface area (Å²) in [5.41, 5.74) is -0.804. The quantitative estimate of drug-likeness (QED) is 0.875. The highest BCUT2D eigenvalue weighted by Crippen LogP contribution is 2.41. The molecule has 0 aliphatic carbocycles. The van der Waals surface area contributed by atoms with Gasteiger partial charge in [0.25, 0.3) is 0 Å². The highest BCUT2D eigenvalue weighted by atomic mass is 19.4. The first-order chi connectivity index (χ1) is 8.04. The number of methoxy groups -OCH3 is 1. The molecule has 0 unspecified atom stereocenters. The number of H-pyrrole nitrogens is 1. The largest absolute Gasteiger partial charge is 0.479 e. The summed E-state index contributed by atoms with van der Waals surface area (Å²) in [6.45, 7) is 1.24. The Labute approximate surface area is 96.7 Å². The van der Waals surface area contributed by atoms with Gasteiger partial charge in [0.05, 0.1) is 7.11 Å². The fourth-order valence-electron chi connectivity index (χ4n) is 2.07. The molecule has 0 radical (unpaired) electrons. The highest BCUT2D eigenvalue weighted by molar-refractivity contribution is 5.53. The zero-order chi connectivity index (χ0) is 12.5. The van der Waals surface area contributed by atoms with E-state index in [0.717, 1.165) is 19.3 Å². The van der Waals surface area contributed by atoms with Crippen molar-refractivity contribution in [3.05, 3.63) is 5.56 Å². The van der Waals surface area contributed by atoms with Crippen LogP contribution in [-0.2, 0) is 6.18 Å². The molecule has 2 heterocycles. The summed E-state index contributed by atoms with van der Waals surface area (Å²) >= 11 is 0. The minimum absolute atomic E-state index is 0.0223. The SMILES string of the molecule is COc1n[nH]c(N2CCCCC2)c1C(F)(F)F. The van der Waals surface area contributed by atoms with Crippen molar-refractivity contribution in [3.63, 3.8) is 0 Å². The minimum Gasteiger partial charge on any atom is -0.479 e. The van der Waals surface area contributed by atoms with Gasteiger partial charge >= 0.3 is 6.18 Å². The molecule has 4 nitrogen and oxygen atoms in total. The molecular formula is C10H14F3N3O. The van der Waals surface area contributed by atoms with E-state index >= 15 is 0 Å². The molecule has 0 aromatic carbocycles. The Morgan fingerprint density at radius 2 is 1.88 bits per heavy atom. The van der Waals surface area contributed by atoms with E-state index in [1.807, 2.05) is 0 Å². The first kappa shape index (κ1) is 12.1. The Hall–Kier alpha value is -1.40. The van der Waals surface area contributed by atoms with E-state index in [1.165, 1.54) is 7.11 Å². The van der Waals surface area contributed by atoms with Gasteiger partial charge in [-0.25, -0.2) is 0 Å². The first-order valence-electron chi connectivity index (χ1n) is 5.48. The highest BCUT2D eigenvalue weighted by Gasteiger charge is 2.41. The lowest BCUT2D eigenvalue weighted by Gasteiger charge is -2.28. The molecule has 17 heavy (non-hydrogen) atoms. The van der Waals surface area contributed by atoms with Crippen LogP contribution < -0.4 is 9.64 Å². The number of hydrogen-bond donors (Lipinski definition) is 1. The van der Waals surface area contributed by atoms with Crippen molar-refractivity contribution in [3.8, 4) is 5.88 Å². The van der Waals surface area contributed by atoms with Crippen molar-refractivity contribution in [2.45, 2.75) is 25.4 Å². The van der Waals surface area contributed by atoms with Crippen LogP contribution in [0.15, 0.2) is 0 Å². The summed E-state index contributed by atoms with van der Waals surface area (Å²) in [6, 6.07) is 0. The lowest BCUT2D eigenvalue weighted by molar-refractivity contribution is -0.138. The average Bonchev–Trinajstić information content (AvgIpc) is 2.73. The molecule has 1 aromatic rings. The van der Waals surface area contributed by atoms with Crippen LogP contribution in [0.25, 0.3) is 0 Å². The molecule has 0 atom stereocenters. The summed E-state index contributed by atoms with van der Waals surface area (Å²) in [4.78, 5) is 1.68. The van der Waals surface area contributed by atoms with Crippen LogP contribution in [0.5, 0.6) is 5.88 Å². The Bertz CT molecular complexity index is 383. The van der Waals surface area contributed by atoms with Crippen LogP contribution in [0.1, 0.15) is 24.8 Å². The minimum atomic E-state index is -4.45. The molecule has 1 N–H and O–H groups in total. The molecule has 0 saturated carbocycles. The molecule has 2 rings (SSSR count). The van der Waals surface area contributed by atoms with Crippen LogP contribution in [0.3, 0.4) is 0 Å². The van der Waals surface area contributed by atoms with Crippen LogP contribution in [0.4, 0.5) is 19.0 Å². The van der Waals surface area contributed by atoms with Crippen molar-refractivity contribution in [1.82, 2.24) is 10.2 Å². The predicted molar refractivity (Wildman–Crippen MR) is 56.2 cm³/mol. The van der Waals surface area contributed by atoms with E-state index in [4.69, 9.17) is 0 Å². The number of ether oxygens (including phenoxy) is 1. The fourth-order valence-corrected chi connectivity index (χ4v) is 2.07. The number of aromatic amines is 1. The molecule has 0 spiro atoms. The lowest BCUT2D eigenvalue weighted by Crippen LogP contribution is -2.31. The molecule has 1 aliphatic heterocycles. The van der Waals surface area contributed by atoms with E-state index in [0.29, 0.717) is 13.1 Å². The summed E-state index contributed by atoms with van der Waals surface area (Å²) < 4.78 is 43.4. The van der Waals surface area contributed by atoms with Crippen molar-refractivity contribution in [2.75, 3.05) is 25.1 Å². The topological polar surface area (TPSA) is 41.1 Å². The van der Waals surface area contributed by atoms with E-state index in [2.05, 4.69) is 14.9 Å². The average molecular weight is 249 g/mol. The molecule has 1 saturated heterocycles. The molecule has 1 fully saturated rings. The van der Waals surface area contributed by atoms with Crippen LogP contribution >= 0.6 is 0 Å². The number of piperidine rings is 1. The van der Waals surface area contributed by atoms with Gasteiger partial charge in [-0.15, -0.1) is 5.10 Å². The third-order valence-corrected chi connectivity index (χ3v) is 2.86. The molecule has 1 aromatic heterocycles. The number of alkyl halides is 3. The van der Waals surface area contributed by atoms with Gasteiger partial charge in [-0.2, -0.15) is 13.2 Å². The maximum atomic E-state index is 12.9. The fraction of sp³-hybridized carbons (Fsp3) is 0.700. The van der Waals surface area contributed by atoms with Crippen LogP contribution in [0, 0.1) is 0 Å². The van der Waals surface area contributed by atoms with E-state index in [-0.39, 0.29) is 5.82 Å². The van der Waals surface area contributed by atoms with Crippen LogP contribution in [-0.4, -0.2) is 30.4 Å². The number of rotatable bonds is 2. The summed E-state index contributed by atoms with van der Waals surface area (Å²) in [5.74, 6) is -0.368. The first-order valence-corrected chi connectivity index (χ1v) is 5.48. The van der Waals surface area contributed by atoms with Crippen molar-refractivity contribution in [2.24, 2.45) is 0 Å². The van der Waals surface area contributed by atoms with E-state index < -0.39 is 17.6 Å². The Morgan fingerprint density at radius 1 is 1.24 bits per heavy atom. The molecule has 1 aliphatic rings. The zero-order valence-electron chi connectivity index (χ0n) is 9.47.